The van der Waals surface area contributed by atoms with E-state index in [1.807, 2.05) is 12.1 Å². The van der Waals surface area contributed by atoms with Crippen LogP contribution in [0.25, 0.3) is 0 Å². The van der Waals surface area contributed by atoms with Crippen LogP contribution in [0.4, 0.5) is 4.79 Å². The molecule has 0 unspecified atom stereocenters. The normalized spacial score (nSPS) is 10.1. The second-order valence-corrected chi connectivity index (χ2v) is 5.52. The van der Waals surface area contributed by atoms with Crippen molar-refractivity contribution in [2.24, 2.45) is 0 Å². The molecule has 6 heteroatoms. The number of benzene rings is 2. The molecule has 0 atom stereocenters. The van der Waals surface area contributed by atoms with Crippen LogP contribution in [-0.2, 0) is 17.8 Å². The van der Waals surface area contributed by atoms with E-state index in [2.05, 4.69) is 10.6 Å². The van der Waals surface area contributed by atoms with E-state index in [1.165, 1.54) is 0 Å². The van der Waals surface area contributed by atoms with Gasteiger partial charge in [-0.05, 0) is 42.3 Å². The number of urea groups is 1. The van der Waals surface area contributed by atoms with Gasteiger partial charge in [-0.1, -0.05) is 35.9 Å². The molecule has 0 aliphatic carbocycles. The van der Waals surface area contributed by atoms with E-state index in [-0.39, 0.29) is 12.0 Å². The van der Waals surface area contributed by atoms with Gasteiger partial charge < -0.3 is 15.4 Å². The molecule has 0 fully saturated rings. The van der Waals surface area contributed by atoms with Crippen LogP contribution in [0.2, 0.25) is 5.02 Å². The third-order valence-corrected chi connectivity index (χ3v) is 3.54. The lowest BCUT2D eigenvalue weighted by molar-refractivity contribution is 0.0526. The molecule has 2 amide bonds. The van der Waals surface area contributed by atoms with Crippen LogP contribution in [0.3, 0.4) is 0 Å². The zero-order chi connectivity index (χ0) is 17.4. The van der Waals surface area contributed by atoms with Crippen molar-refractivity contribution < 1.29 is 14.3 Å². The molecule has 0 radical (unpaired) electrons. The fourth-order valence-electron chi connectivity index (χ4n) is 2.00. The van der Waals surface area contributed by atoms with Gasteiger partial charge in [-0.15, -0.1) is 0 Å². The summed E-state index contributed by atoms with van der Waals surface area (Å²) in [6.45, 7) is 2.90. The monoisotopic (exact) mass is 346 g/mol. The molecule has 0 heterocycles. The van der Waals surface area contributed by atoms with Crippen LogP contribution >= 0.6 is 11.6 Å². The van der Waals surface area contributed by atoms with Crippen LogP contribution in [0.15, 0.2) is 48.5 Å². The van der Waals surface area contributed by atoms with Crippen LogP contribution < -0.4 is 10.6 Å². The van der Waals surface area contributed by atoms with Gasteiger partial charge in [-0.25, -0.2) is 9.59 Å². The van der Waals surface area contributed by atoms with Gasteiger partial charge in [0.15, 0.2) is 0 Å². The Bertz CT molecular complexity index is 684. The zero-order valence-electron chi connectivity index (χ0n) is 13.3. The van der Waals surface area contributed by atoms with E-state index >= 15 is 0 Å². The smallest absolute Gasteiger partial charge is 0.338 e. The van der Waals surface area contributed by atoms with E-state index in [1.54, 1.807) is 43.3 Å². The van der Waals surface area contributed by atoms with Crippen LogP contribution in [-0.4, -0.2) is 18.6 Å². The first-order valence-electron chi connectivity index (χ1n) is 7.60. The lowest BCUT2D eigenvalue weighted by Crippen LogP contribution is -2.34. The average molecular weight is 347 g/mol. The number of amides is 2. The van der Waals surface area contributed by atoms with Gasteiger partial charge in [0, 0.05) is 18.1 Å². The fourth-order valence-corrected chi connectivity index (χ4v) is 2.13. The molecule has 0 aliphatic heterocycles. The van der Waals surface area contributed by atoms with Gasteiger partial charge in [0.1, 0.15) is 0 Å². The molecule has 2 N–H and O–H groups in total. The van der Waals surface area contributed by atoms with Gasteiger partial charge in [-0.2, -0.15) is 0 Å². The highest BCUT2D eigenvalue weighted by atomic mass is 35.5. The molecule has 0 aliphatic rings. The Balaban J connectivity index is 1.77. The molecule has 24 heavy (non-hydrogen) atoms. The minimum absolute atomic E-state index is 0.264. The maximum atomic E-state index is 11.8. The fraction of sp³-hybridized carbons (Fsp3) is 0.222. The highest BCUT2D eigenvalue weighted by molar-refractivity contribution is 6.30. The van der Waals surface area contributed by atoms with Gasteiger partial charge in [0.25, 0.3) is 0 Å². The molecule has 5 nitrogen and oxygen atoms in total. The Morgan fingerprint density at radius 1 is 0.917 bits per heavy atom. The Morgan fingerprint density at radius 2 is 1.42 bits per heavy atom. The van der Waals surface area contributed by atoms with Gasteiger partial charge in [0.05, 0.1) is 12.2 Å². The highest BCUT2D eigenvalue weighted by Gasteiger charge is 2.06. The lowest BCUT2D eigenvalue weighted by atomic mass is 10.1. The second-order valence-electron chi connectivity index (χ2n) is 5.08. The summed E-state index contributed by atoms with van der Waals surface area (Å²) in [6.07, 6.45) is 0. The summed E-state index contributed by atoms with van der Waals surface area (Å²) in [5, 5.41) is 6.19. The number of esters is 1. The number of hydrogen-bond acceptors (Lipinski definition) is 3. The van der Waals surface area contributed by atoms with Gasteiger partial charge >= 0.3 is 12.0 Å². The van der Waals surface area contributed by atoms with Gasteiger partial charge in [0.2, 0.25) is 0 Å². The molecule has 2 aromatic carbocycles. The summed E-state index contributed by atoms with van der Waals surface area (Å²) in [6, 6.07) is 13.9. The number of carbonyl (C=O) groups is 2. The molecule has 2 rings (SSSR count). The van der Waals surface area contributed by atoms with Crippen molar-refractivity contribution in [3.63, 3.8) is 0 Å². The third-order valence-electron chi connectivity index (χ3n) is 3.28. The predicted molar refractivity (Wildman–Crippen MR) is 92.9 cm³/mol. The average Bonchev–Trinajstić information content (AvgIpc) is 2.60. The Morgan fingerprint density at radius 3 is 1.92 bits per heavy atom. The standard InChI is InChI=1S/C18H19ClN2O3/c1-2-24-17(22)15-7-3-13(4-8-15)11-20-18(23)21-12-14-5-9-16(19)10-6-14/h3-10H,2,11-12H2,1H3,(H2,20,21,23). The predicted octanol–water partition coefficient (Wildman–Crippen LogP) is 3.52. The first kappa shape index (κ1) is 17.8. The topological polar surface area (TPSA) is 67.4 Å². The number of hydrogen-bond donors (Lipinski definition) is 2. The molecule has 2 aromatic rings. The molecule has 0 aromatic heterocycles. The summed E-state index contributed by atoms with van der Waals surface area (Å²) in [5.74, 6) is -0.349. The van der Waals surface area contributed by atoms with E-state index in [0.717, 1.165) is 11.1 Å². The zero-order valence-corrected chi connectivity index (χ0v) is 14.1. The van der Waals surface area contributed by atoms with E-state index in [4.69, 9.17) is 16.3 Å². The number of ether oxygens (including phenoxy) is 1. The summed E-state index contributed by atoms with van der Waals surface area (Å²) in [5.41, 5.74) is 2.35. The van der Waals surface area contributed by atoms with Crippen LogP contribution in [0, 0.1) is 0 Å². The van der Waals surface area contributed by atoms with Crippen molar-refractivity contribution in [3.8, 4) is 0 Å². The van der Waals surface area contributed by atoms with Crippen molar-refractivity contribution in [2.75, 3.05) is 6.61 Å². The quantitative estimate of drug-likeness (QED) is 0.786. The molecule has 0 saturated heterocycles. The van der Waals surface area contributed by atoms with Crippen molar-refractivity contribution in [2.45, 2.75) is 20.0 Å². The number of rotatable bonds is 6. The molecule has 0 spiro atoms. The summed E-state index contributed by atoms with van der Waals surface area (Å²) >= 11 is 5.81. The Hall–Kier alpha value is -2.53. The van der Waals surface area contributed by atoms with Gasteiger partial charge in [-0.3, -0.25) is 0 Å². The third kappa shape index (κ3) is 5.59. The van der Waals surface area contributed by atoms with E-state index < -0.39 is 0 Å². The van der Waals surface area contributed by atoms with Crippen molar-refractivity contribution in [1.82, 2.24) is 10.6 Å². The summed E-state index contributed by atoms with van der Waals surface area (Å²) < 4.78 is 4.92. The van der Waals surface area contributed by atoms with E-state index in [9.17, 15) is 9.59 Å². The second kappa shape index (κ2) is 8.93. The SMILES string of the molecule is CCOC(=O)c1ccc(CNC(=O)NCc2ccc(Cl)cc2)cc1. The maximum absolute atomic E-state index is 11.8. The first-order valence-corrected chi connectivity index (χ1v) is 7.98. The highest BCUT2D eigenvalue weighted by Crippen LogP contribution is 2.09. The number of nitrogens with one attached hydrogen (secondary N) is 2. The summed E-state index contributed by atoms with van der Waals surface area (Å²) in [7, 11) is 0. The molecular weight excluding hydrogens is 328 g/mol. The molecule has 0 saturated carbocycles. The molecular formula is C18H19ClN2O3. The Kier molecular flexibility index (Phi) is 6.63. The van der Waals surface area contributed by atoms with Crippen LogP contribution in [0.5, 0.6) is 0 Å². The van der Waals surface area contributed by atoms with Crippen molar-refractivity contribution >= 4 is 23.6 Å². The molecule has 126 valence electrons. The minimum Gasteiger partial charge on any atom is -0.462 e. The first-order chi connectivity index (χ1) is 11.6. The maximum Gasteiger partial charge on any atom is 0.338 e. The molecule has 0 bridgehead atoms. The minimum atomic E-state index is -0.349. The van der Waals surface area contributed by atoms with E-state index in [0.29, 0.717) is 30.3 Å². The van der Waals surface area contributed by atoms with Crippen molar-refractivity contribution in [3.05, 3.63) is 70.2 Å². The number of carbonyl (C=O) groups excluding carboxylic acids is 2. The number of halogens is 1. The lowest BCUT2D eigenvalue weighted by Gasteiger charge is -2.08. The Labute approximate surface area is 146 Å². The summed E-state index contributed by atoms with van der Waals surface area (Å²) in [4.78, 5) is 23.3. The largest absolute Gasteiger partial charge is 0.462 e. The van der Waals surface area contributed by atoms with Crippen molar-refractivity contribution in [1.29, 1.82) is 0 Å². The van der Waals surface area contributed by atoms with Crippen LogP contribution in [0.1, 0.15) is 28.4 Å².